The molecule has 5 heterocycles. The van der Waals surface area contributed by atoms with Gasteiger partial charge in [-0.2, -0.15) is 10.2 Å². The molecular formula is C24H25F2N9O. The largest absolute Gasteiger partial charge is 0.349 e. The Morgan fingerprint density at radius 2 is 1.94 bits per heavy atom. The molecule has 36 heavy (non-hydrogen) atoms. The zero-order chi connectivity index (χ0) is 25.4. The van der Waals surface area contributed by atoms with Crippen molar-refractivity contribution < 1.29 is 13.6 Å². The van der Waals surface area contributed by atoms with Crippen LogP contribution in [-0.2, 0) is 4.79 Å². The quantitative estimate of drug-likeness (QED) is 0.362. The molecule has 0 bridgehead atoms. The molecule has 10 nitrogen and oxygen atoms in total. The monoisotopic (exact) mass is 493 g/mol. The number of carbonyl (C=O) groups excluding carboxylic acids is 1. The van der Waals surface area contributed by atoms with Crippen molar-refractivity contribution in [3.8, 4) is 5.82 Å². The number of hydrogen-bond acceptors (Lipinski definition) is 7. The first-order valence-corrected chi connectivity index (χ1v) is 11.4. The summed E-state index contributed by atoms with van der Waals surface area (Å²) in [6.45, 7) is 5.36. The van der Waals surface area contributed by atoms with Gasteiger partial charge in [0.1, 0.15) is 11.6 Å². The van der Waals surface area contributed by atoms with Crippen molar-refractivity contribution in [2.75, 3.05) is 23.3 Å². The van der Waals surface area contributed by atoms with Crippen LogP contribution in [0.25, 0.3) is 5.82 Å². The van der Waals surface area contributed by atoms with Gasteiger partial charge in [0.05, 0.1) is 31.5 Å². The van der Waals surface area contributed by atoms with Gasteiger partial charge >= 0.3 is 0 Å². The maximum absolute atomic E-state index is 15.4. The van der Waals surface area contributed by atoms with Crippen molar-refractivity contribution in [2.24, 2.45) is 0 Å². The van der Waals surface area contributed by atoms with E-state index in [-0.39, 0.29) is 13.1 Å². The van der Waals surface area contributed by atoms with Crippen LogP contribution >= 0.6 is 0 Å². The van der Waals surface area contributed by atoms with Crippen molar-refractivity contribution in [2.45, 2.75) is 32.5 Å². The highest BCUT2D eigenvalue weighted by atomic mass is 19.1. The number of pyridine rings is 2. The summed E-state index contributed by atoms with van der Waals surface area (Å²) in [5.41, 5.74) is 0.504. The minimum absolute atomic E-state index is 0.106. The van der Waals surface area contributed by atoms with Crippen LogP contribution in [0.5, 0.6) is 0 Å². The Bertz CT molecular complexity index is 1390. The van der Waals surface area contributed by atoms with Crippen LogP contribution in [0.2, 0.25) is 0 Å². The maximum atomic E-state index is 15.4. The second-order valence-electron chi connectivity index (χ2n) is 9.02. The molecule has 1 atom stereocenters. The Kier molecular flexibility index (Phi) is 5.86. The molecule has 0 spiro atoms. The number of hydrogen-bond donors (Lipinski definition) is 3. The van der Waals surface area contributed by atoms with Gasteiger partial charge in [-0.05, 0) is 50.1 Å². The van der Waals surface area contributed by atoms with E-state index in [9.17, 15) is 9.18 Å². The predicted molar refractivity (Wildman–Crippen MR) is 130 cm³/mol. The minimum Gasteiger partial charge on any atom is -0.349 e. The Hall–Kier alpha value is -4.35. The van der Waals surface area contributed by atoms with Gasteiger partial charge in [-0.15, -0.1) is 0 Å². The van der Waals surface area contributed by atoms with Crippen LogP contribution in [0.4, 0.5) is 26.2 Å². The summed E-state index contributed by atoms with van der Waals surface area (Å²) in [6, 6.07) is 8.48. The third-order valence-corrected chi connectivity index (χ3v) is 5.94. The summed E-state index contributed by atoms with van der Waals surface area (Å²) < 4.78 is 29.9. The number of aryl methyl sites for hydroxylation is 2. The fourth-order valence-electron chi connectivity index (χ4n) is 3.98. The molecule has 0 unspecified atom stereocenters. The highest BCUT2D eigenvalue weighted by molar-refractivity contribution is 5.89. The van der Waals surface area contributed by atoms with E-state index in [0.717, 1.165) is 17.5 Å². The van der Waals surface area contributed by atoms with Gasteiger partial charge in [-0.25, -0.2) is 23.4 Å². The van der Waals surface area contributed by atoms with Gasteiger partial charge in [0.25, 0.3) is 5.91 Å². The van der Waals surface area contributed by atoms with Gasteiger partial charge in [-0.1, -0.05) is 6.07 Å². The zero-order valence-electron chi connectivity index (χ0n) is 20.0. The lowest BCUT2D eigenvalue weighted by Gasteiger charge is -2.44. The van der Waals surface area contributed by atoms with E-state index < -0.39 is 23.4 Å². The lowest BCUT2D eigenvalue weighted by molar-refractivity contribution is -0.135. The summed E-state index contributed by atoms with van der Waals surface area (Å²) >= 11 is 0. The number of aromatic amines is 1. The average molecular weight is 494 g/mol. The fraction of sp³-hybridized carbons (Fsp3) is 0.292. The molecule has 1 saturated heterocycles. The zero-order valence-corrected chi connectivity index (χ0v) is 20.0. The minimum atomic E-state index is -2.04. The fourth-order valence-corrected chi connectivity index (χ4v) is 3.98. The van der Waals surface area contributed by atoms with Crippen LogP contribution in [-0.4, -0.2) is 54.6 Å². The molecule has 1 amide bonds. The number of amides is 1. The molecule has 3 N–H and O–H groups in total. The van der Waals surface area contributed by atoms with Crippen molar-refractivity contribution in [1.82, 2.24) is 35.3 Å². The third kappa shape index (κ3) is 4.74. The number of rotatable bonds is 7. The molecule has 0 saturated carbocycles. The van der Waals surface area contributed by atoms with Crippen LogP contribution < -0.4 is 15.5 Å². The number of carbonyl (C=O) groups is 1. The average Bonchev–Trinajstić information content (AvgIpc) is 3.44. The number of halogens is 2. The van der Waals surface area contributed by atoms with Crippen LogP contribution in [0.15, 0.2) is 48.9 Å². The number of alkyl halides is 1. The van der Waals surface area contributed by atoms with E-state index in [4.69, 9.17) is 0 Å². The maximum Gasteiger partial charge on any atom is 0.261 e. The second kappa shape index (κ2) is 9.02. The van der Waals surface area contributed by atoms with Gasteiger partial charge in [0.15, 0.2) is 17.5 Å². The van der Waals surface area contributed by atoms with Crippen molar-refractivity contribution in [3.05, 3.63) is 71.6 Å². The van der Waals surface area contributed by atoms with E-state index in [1.54, 1.807) is 30.2 Å². The normalized spacial score (nSPS) is 15.3. The topological polar surface area (TPSA) is 117 Å². The van der Waals surface area contributed by atoms with E-state index in [0.29, 0.717) is 28.8 Å². The summed E-state index contributed by atoms with van der Waals surface area (Å²) in [5.74, 6) is 1.06. The van der Waals surface area contributed by atoms with Gasteiger partial charge in [-0.3, -0.25) is 9.89 Å². The van der Waals surface area contributed by atoms with Gasteiger partial charge in [0, 0.05) is 18.0 Å². The van der Waals surface area contributed by atoms with E-state index in [2.05, 4.69) is 35.9 Å². The van der Waals surface area contributed by atoms with Gasteiger partial charge in [0.2, 0.25) is 5.67 Å². The van der Waals surface area contributed by atoms with Crippen molar-refractivity contribution in [3.63, 3.8) is 0 Å². The first-order chi connectivity index (χ1) is 17.2. The number of H-pyrrole nitrogens is 1. The van der Waals surface area contributed by atoms with E-state index in [1.807, 2.05) is 32.0 Å². The molecule has 1 aliphatic heterocycles. The molecule has 12 heteroatoms. The Balaban J connectivity index is 1.20. The molecule has 4 aromatic rings. The Morgan fingerprint density at radius 3 is 2.58 bits per heavy atom. The first kappa shape index (κ1) is 23.4. The molecule has 4 aromatic heterocycles. The SMILES string of the molecule is Cc1cc(Nc2cc(C)[nH]n2)nc(N2CC(F)(C(=O)N[C@@H](C)c3ccc(-n4cc(F)cn4)nc3)C2)c1. The number of nitrogens with one attached hydrogen (secondary N) is 3. The molecule has 186 valence electrons. The third-order valence-electron chi connectivity index (χ3n) is 5.94. The van der Waals surface area contributed by atoms with Crippen LogP contribution in [0.3, 0.4) is 0 Å². The second-order valence-corrected chi connectivity index (χ2v) is 9.02. The summed E-state index contributed by atoms with van der Waals surface area (Å²) in [7, 11) is 0. The lowest BCUT2D eigenvalue weighted by atomic mass is 9.94. The number of anilines is 3. The number of nitrogens with zero attached hydrogens (tertiary/aromatic N) is 6. The summed E-state index contributed by atoms with van der Waals surface area (Å²) in [5, 5.41) is 16.7. The van der Waals surface area contributed by atoms with Crippen molar-refractivity contribution in [1.29, 1.82) is 0 Å². The Labute approximate surface area is 205 Å². The van der Waals surface area contributed by atoms with Crippen LogP contribution in [0, 0.1) is 19.7 Å². The molecule has 0 aromatic carbocycles. The molecule has 0 radical (unpaired) electrons. The lowest BCUT2D eigenvalue weighted by Crippen LogP contribution is -2.66. The molecule has 1 aliphatic rings. The van der Waals surface area contributed by atoms with E-state index >= 15 is 4.39 Å². The first-order valence-electron chi connectivity index (χ1n) is 11.4. The highest BCUT2D eigenvalue weighted by Crippen LogP contribution is 2.32. The summed E-state index contributed by atoms with van der Waals surface area (Å²) in [6.07, 6.45) is 3.84. The Morgan fingerprint density at radius 1 is 1.14 bits per heavy atom. The molecule has 5 rings (SSSR count). The van der Waals surface area contributed by atoms with Gasteiger partial charge < -0.3 is 15.5 Å². The molecule has 1 fully saturated rings. The number of aromatic nitrogens is 6. The highest BCUT2D eigenvalue weighted by Gasteiger charge is 2.51. The molecule has 0 aliphatic carbocycles. The standard InChI is InChI=1S/C24H25F2N9O/c1-14-6-19(30-20-8-15(2)32-33-20)31-22(7-14)34-12-24(26,13-34)23(36)29-16(3)17-4-5-21(27-9-17)35-11-18(25)10-28-35/h4-11,16H,12-13H2,1-3H3,(H,29,36)(H2,30,31,32,33)/t16-/m0/s1. The van der Waals surface area contributed by atoms with Crippen LogP contribution in [0.1, 0.15) is 29.8 Å². The van der Waals surface area contributed by atoms with E-state index in [1.165, 1.54) is 10.9 Å². The summed E-state index contributed by atoms with van der Waals surface area (Å²) in [4.78, 5) is 23.3. The predicted octanol–water partition coefficient (Wildman–Crippen LogP) is 3.29. The van der Waals surface area contributed by atoms with Crippen molar-refractivity contribution >= 4 is 23.4 Å². The smallest absolute Gasteiger partial charge is 0.261 e. The molecular weight excluding hydrogens is 468 g/mol.